The average Bonchev–Trinajstić information content (AvgIpc) is 3.16. The molecule has 3 aromatic rings. The van der Waals surface area contributed by atoms with Gasteiger partial charge in [0.15, 0.2) is 16.1 Å². The topological polar surface area (TPSA) is 75.5 Å². The first-order valence-corrected chi connectivity index (χ1v) is 9.26. The van der Waals surface area contributed by atoms with E-state index in [1.54, 1.807) is 0 Å². The molecule has 1 aliphatic heterocycles. The summed E-state index contributed by atoms with van der Waals surface area (Å²) in [7, 11) is 0. The molecule has 2 N–H and O–H groups in total. The number of ether oxygens (including phenoxy) is 1. The summed E-state index contributed by atoms with van der Waals surface area (Å²) in [6, 6.07) is 10.2. The molecule has 2 heterocycles. The van der Waals surface area contributed by atoms with Gasteiger partial charge in [-0.25, -0.2) is 4.63 Å². The zero-order valence-electron chi connectivity index (χ0n) is 15.3. The largest absolute Gasteiger partial charge is 0.378 e. The van der Waals surface area contributed by atoms with Crippen molar-refractivity contribution in [1.29, 1.82) is 0 Å². The Bertz CT molecular complexity index is 981. The van der Waals surface area contributed by atoms with E-state index in [2.05, 4.69) is 51.0 Å². The molecule has 27 heavy (non-hydrogen) atoms. The van der Waals surface area contributed by atoms with Crippen molar-refractivity contribution in [1.82, 2.24) is 10.3 Å². The number of thiocarbonyl (C=S) groups is 1. The van der Waals surface area contributed by atoms with Crippen LogP contribution in [0.3, 0.4) is 0 Å². The molecule has 0 saturated carbocycles. The van der Waals surface area contributed by atoms with E-state index >= 15 is 0 Å². The molecule has 7 nitrogen and oxygen atoms in total. The molecule has 0 unspecified atom stereocenters. The molecule has 1 aliphatic rings. The van der Waals surface area contributed by atoms with Gasteiger partial charge in [-0.2, -0.15) is 0 Å². The predicted molar refractivity (Wildman–Crippen MR) is 111 cm³/mol. The van der Waals surface area contributed by atoms with E-state index in [-0.39, 0.29) is 0 Å². The Labute approximate surface area is 162 Å². The zero-order valence-corrected chi connectivity index (χ0v) is 16.1. The SMILES string of the molecule is Cc1ccc(C)c(NC(=S)Nc2ccc(N3CCOCC3)c3nonc23)c1. The molecule has 0 atom stereocenters. The second-order valence-corrected chi connectivity index (χ2v) is 7.00. The Kier molecular flexibility index (Phi) is 4.91. The summed E-state index contributed by atoms with van der Waals surface area (Å²) >= 11 is 5.49. The number of fused-ring (bicyclic) bond motifs is 1. The van der Waals surface area contributed by atoms with Crippen LogP contribution in [-0.4, -0.2) is 41.7 Å². The number of morpholine rings is 1. The van der Waals surface area contributed by atoms with Gasteiger partial charge < -0.3 is 20.3 Å². The molecule has 0 radical (unpaired) electrons. The van der Waals surface area contributed by atoms with Crippen LogP contribution in [0, 0.1) is 13.8 Å². The summed E-state index contributed by atoms with van der Waals surface area (Å²) in [4.78, 5) is 2.23. The van der Waals surface area contributed by atoms with Crippen molar-refractivity contribution in [2.45, 2.75) is 13.8 Å². The molecule has 0 bridgehead atoms. The summed E-state index contributed by atoms with van der Waals surface area (Å²) in [5, 5.41) is 15.1. The van der Waals surface area contributed by atoms with Crippen LogP contribution < -0.4 is 15.5 Å². The van der Waals surface area contributed by atoms with Crippen molar-refractivity contribution in [3.63, 3.8) is 0 Å². The lowest BCUT2D eigenvalue weighted by atomic mass is 10.1. The van der Waals surface area contributed by atoms with Crippen LogP contribution in [0.4, 0.5) is 17.1 Å². The van der Waals surface area contributed by atoms with Gasteiger partial charge in [0.25, 0.3) is 0 Å². The summed E-state index contributed by atoms with van der Waals surface area (Å²) in [6.45, 7) is 7.15. The number of nitrogens with one attached hydrogen (secondary N) is 2. The minimum atomic E-state index is 0.493. The number of benzene rings is 2. The highest BCUT2D eigenvalue weighted by atomic mass is 32.1. The zero-order chi connectivity index (χ0) is 18.8. The highest BCUT2D eigenvalue weighted by Gasteiger charge is 2.19. The molecule has 4 rings (SSSR count). The second kappa shape index (κ2) is 7.50. The van der Waals surface area contributed by atoms with Crippen LogP contribution in [0.2, 0.25) is 0 Å². The molecule has 140 valence electrons. The Hall–Kier alpha value is -2.71. The quantitative estimate of drug-likeness (QED) is 0.666. The van der Waals surface area contributed by atoms with E-state index in [0.717, 1.165) is 41.2 Å². The van der Waals surface area contributed by atoms with E-state index in [1.807, 2.05) is 19.1 Å². The molecule has 0 amide bonds. The first-order chi connectivity index (χ1) is 13.1. The standard InChI is InChI=1S/C19H21N5O2S/c1-12-3-4-13(2)15(11-12)21-19(27)20-14-5-6-16(18-17(14)22-26-23-18)24-7-9-25-10-8-24/h3-6,11H,7-10H2,1-2H3,(H2,20,21,27). The highest BCUT2D eigenvalue weighted by Crippen LogP contribution is 2.30. The van der Waals surface area contributed by atoms with Crippen molar-refractivity contribution >= 4 is 45.4 Å². The highest BCUT2D eigenvalue weighted by molar-refractivity contribution is 7.80. The lowest BCUT2D eigenvalue weighted by Crippen LogP contribution is -2.36. The van der Waals surface area contributed by atoms with Crippen LogP contribution in [0.15, 0.2) is 35.0 Å². The fourth-order valence-electron chi connectivity index (χ4n) is 3.16. The predicted octanol–water partition coefficient (Wildman–Crippen LogP) is 3.49. The van der Waals surface area contributed by atoms with Gasteiger partial charge in [-0.3, -0.25) is 0 Å². The summed E-state index contributed by atoms with van der Waals surface area (Å²) in [6.07, 6.45) is 0. The minimum Gasteiger partial charge on any atom is -0.378 e. The Morgan fingerprint density at radius 2 is 1.74 bits per heavy atom. The average molecular weight is 383 g/mol. The van der Waals surface area contributed by atoms with Crippen molar-refractivity contribution in [2.75, 3.05) is 41.8 Å². The van der Waals surface area contributed by atoms with Gasteiger partial charge in [-0.1, -0.05) is 12.1 Å². The van der Waals surface area contributed by atoms with Gasteiger partial charge in [0, 0.05) is 18.8 Å². The molecule has 8 heteroatoms. The Morgan fingerprint density at radius 1 is 1.00 bits per heavy atom. The normalized spacial score (nSPS) is 14.4. The third-order valence-corrected chi connectivity index (χ3v) is 4.84. The van der Waals surface area contributed by atoms with Gasteiger partial charge in [-0.15, -0.1) is 0 Å². The molecule has 1 saturated heterocycles. The lowest BCUT2D eigenvalue weighted by molar-refractivity contribution is 0.123. The van der Waals surface area contributed by atoms with E-state index < -0.39 is 0 Å². The third kappa shape index (κ3) is 3.72. The van der Waals surface area contributed by atoms with Crippen LogP contribution in [0.1, 0.15) is 11.1 Å². The molecule has 2 aromatic carbocycles. The number of aromatic nitrogens is 2. The summed E-state index contributed by atoms with van der Waals surface area (Å²) < 4.78 is 10.4. The van der Waals surface area contributed by atoms with E-state index in [0.29, 0.717) is 23.8 Å². The fraction of sp³-hybridized carbons (Fsp3) is 0.316. The monoisotopic (exact) mass is 383 g/mol. The van der Waals surface area contributed by atoms with Crippen molar-refractivity contribution in [3.8, 4) is 0 Å². The third-order valence-electron chi connectivity index (χ3n) is 4.64. The second-order valence-electron chi connectivity index (χ2n) is 6.59. The number of rotatable bonds is 3. The van der Waals surface area contributed by atoms with Crippen LogP contribution in [0.5, 0.6) is 0 Å². The number of nitrogens with zero attached hydrogens (tertiary/aromatic N) is 3. The maximum absolute atomic E-state index is 5.49. The Balaban J connectivity index is 1.56. The number of aryl methyl sites for hydroxylation is 2. The molecular formula is C19H21N5O2S. The van der Waals surface area contributed by atoms with Crippen molar-refractivity contribution in [3.05, 3.63) is 41.5 Å². The number of hydrogen-bond donors (Lipinski definition) is 2. The summed E-state index contributed by atoms with van der Waals surface area (Å²) in [5.41, 5.74) is 6.40. The van der Waals surface area contributed by atoms with Crippen LogP contribution in [0.25, 0.3) is 11.0 Å². The maximum Gasteiger partial charge on any atom is 0.175 e. The van der Waals surface area contributed by atoms with Crippen LogP contribution in [-0.2, 0) is 4.74 Å². The molecule has 0 spiro atoms. The first kappa shape index (κ1) is 17.7. The van der Waals surface area contributed by atoms with Crippen molar-refractivity contribution < 1.29 is 9.37 Å². The van der Waals surface area contributed by atoms with Crippen molar-refractivity contribution in [2.24, 2.45) is 0 Å². The van der Waals surface area contributed by atoms with E-state index in [4.69, 9.17) is 21.6 Å². The van der Waals surface area contributed by atoms with Gasteiger partial charge in [-0.05, 0) is 65.7 Å². The fourth-order valence-corrected chi connectivity index (χ4v) is 3.38. The smallest absolute Gasteiger partial charge is 0.175 e. The van der Waals surface area contributed by atoms with Gasteiger partial charge in [0.2, 0.25) is 0 Å². The van der Waals surface area contributed by atoms with Crippen LogP contribution >= 0.6 is 12.2 Å². The number of hydrogen-bond acceptors (Lipinski definition) is 6. The van der Waals surface area contributed by atoms with Gasteiger partial charge >= 0.3 is 0 Å². The molecule has 1 fully saturated rings. The van der Waals surface area contributed by atoms with E-state index in [9.17, 15) is 0 Å². The number of anilines is 3. The Morgan fingerprint density at radius 3 is 2.56 bits per heavy atom. The first-order valence-electron chi connectivity index (χ1n) is 8.85. The minimum absolute atomic E-state index is 0.493. The molecule has 1 aromatic heterocycles. The lowest BCUT2D eigenvalue weighted by Gasteiger charge is -2.28. The molecular weight excluding hydrogens is 362 g/mol. The van der Waals surface area contributed by atoms with Gasteiger partial charge in [0.05, 0.1) is 24.6 Å². The summed E-state index contributed by atoms with van der Waals surface area (Å²) in [5.74, 6) is 0. The van der Waals surface area contributed by atoms with E-state index in [1.165, 1.54) is 5.56 Å². The molecule has 0 aliphatic carbocycles. The maximum atomic E-state index is 5.49. The van der Waals surface area contributed by atoms with Gasteiger partial charge in [0.1, 0.15) is 0 Å².